The first-order valence-electron chi connectivity index (χ1n) is 11.4. The number of benzene rings is 2. The lowest BCUT2D eigenvalue weighted by molar-refractivity contribution is 0.0734. The standard InChI is InChI=1S/C26H33N3O2/c1-2-3-4-5-6-18-7-9-19(10-8-18)20-11-12-25(22(13-20)17-27)31-26(30)21-14-23(28)16-24(29)15-21/h11-16,18-19H,2-10,28-29H2,1H3. The van der Waals surface area contributed by atoms with Gasteiger partial charge >= 0.3 is 5.97 Å². The molecular weight excluding hydrogens is 386 g/mol. The van der Waals surface area contributed by atoms with Crippen molar-refractivity contribution >= 4 is 17.3 Å². The van der Waals surface area contributed by atoms with Crippen molar-refractivity contribution < 1.29 is 9.53 Å². The molecule has 4 N–H and O–H groups in total. The molecule has 0 aliphatic heterocycles. The first-order valence-corrected chi connectivity index (χ1v) is 11.4. The van der Waals surface area contributed by atoms with Gasteiger partial charge in [-0.1, -0.05) is 45.1 Å². The summed E-state index contributed by atoms with van der Waals surface area (Å²) in [5.74, 6) is 1.00. The highest BCUT2D eigenvalue weighted by atomic mass is 16.5. The minimum Gasteiger partial charge on any atom is -0.422 e. The highest BCUT2D eigenvalue weighted by Gasteiger charge is 2.23. The molecule has 2 aromatic rings. The molecule has 0 saturated heterocycles. The summed E-state index contributed by atoms with van der Waals surface area (Å²) in [5, 5.41) is 9.61. The topological polar surface area (TPSA) is 102 Å². The number of nitrogens with two attached hydrogens (primary N) is 2. The average molecular weight is 420 g/mol. The van der Waals surface area contributed by atoms with Crippen LogP contribution in [0, 0.1) is 17.2 Å². The predicted octanol–water partition coefficient (Wildman–Crippen LogP) is 6.19. The highest BCUT2D eigenvalue weighted by molar-refractivity contribution is 5.93. The summed E-state index contributed by atoms with van der Waals surface area (Å²) < 4.78 is 5.48. The van der Waals surface area contributed by atoms with Crippen molar-refractivity contribution in [2.45, 2.75) is 70.6 Å². The van der Waals surface area contributed by atoms with Gasteiger partial charge in [-0.25, -0.2) is 4.79 Å². The maximum absolute atomic E-state index is 12.5. The summed E-state index contributed by atoms with van der Waals surface area (Å²) in [7, 11) is 0. The third-order valence-corrected chi connectivity index (χ3v) is 6.32. The molecule has 31 heavy (non-hydrogen) atoms. The Balaban J connectivity index is 1.61. The molecule has 5 heteroatoms. The number of esters is 1. The molecule has 1 aliphatic rings. The fraction of sp³-hybridized carbons (Fsp3) is 0.462. The first kappa shape index (κ1) is 22.7. The van der Waals surface area contributed by atoms with E-state index >= 15 is 0 Å². The van der Waals surface area contributed by atoms with Crippen molar-refractivity contribution in [1.29, 1.82) is 5.26 Å². The summed E-state index contributed by atoms with van der Waals surface area (Å²) in [6.45, 7) is 2.25. The summed E-state index contributed by atoms with van der Waals surface area (Å²) in [6.07, 6.45) is 11.5. The van der Waals surface area contributed by atoms with Crippen molar-refractivity contribution in [3.05, 3.63) is 53.1 Å². The van der Waals surface area contributed by atoms with Crippen LogP contribution in [0.5, 0.6) is 5.75 Å². The van der Waals surface area contributed by atoms with E-state index in [0.717, 1.165) is 24.3 Å². The first-order chi connectivity index (χ1) is 15.0. The number of anilines is 2. The Morgan fingerprint density at radius 2 is 1.74 bits per heavy atom. The zero-order valence-corrected chi connectivity index (χ0v) is 18.4. The van der Waals surface area contributed by atoms with Crippen LogP contribution in [0.4, 0.5) is 11.4 Å². The number of unbranched alkanes of at least 4 members (excludes halogenated alkanes) is 3. The van der Waals surface area contributed by atoms with Gasteiger partial charge in [0.2, 0.25) is 0 Å². The number of nitrogens with zero attached hydrogens (tertiary/aromatic N) is 1. The van der Waals surface area contributed by atoms with Gasteiger partial charge in [-0.15, -0.1) is 0 Å². The van der Waals surface area contributed by atoms with Crippen molar-refractivity contribution in [2.24, 2.45) is 5.92 Å². The van der Waals surface area contributed by atoms with Gasteiger partial charge in [0.15, 0.2) is 0 Å². The number of rotatable bonds is 8. The molecule has 1 saturated carbocycles. The molecule has 5 nitrogen and oxygen atoms in total. The SMILES string of the molecule is CCCCCCC1CCC(c2ccc(OC(=O)c3cc(N)cc(N)c3)c(C#N)c2)CC1. The summed E-state index contributed by atoms with van der Waals surface area (Å²) >= 11 is 0. The Bertz CT molecular complexity index is 920. The predicted molar refractivity (Wildman–Crippen MR) is 125 cm³/mol. The molecule has 2 aromatic carbocycles. The van der Waals surface area contributed by atoms with Crippen LogP contribution in [0.15, 0.2) is 36.4 Å². The Morgan fingerprint density at radius 3 is 2.39 bits per heavy atom. The van der Waals surface area contributed by atoms with E-state index in [9.17, 15) is 10.1 Å². The molecule has 0 heterocycles. The van der Waals surface area contributed by atoms with Gasteiger partial charge in [0.05, 0.1) is 11.1 Å². The third kappa shape index (κ3) is 6.24. The number of hydrogen-bond acceptors (Lipinski definition) is 5. The number of ether oxygens (including phenoxy) is 1. The molecular formula is C26H33N3O2. The minimum absolute atomic E-state index is 0.266. The molecule has 0 radical (unpaired) electrons. The molecule has 0 spiro atoms. The highest BCUT2D eigenvalue weighted by Crippen LogP contribution is 2.39. The van der Waals surface area contributed by atoms with Gasteiger partial charge in [-0.05, 0) is 73.4 Å². The van der Waals surface area contributed by atoms with Gasteiger partial charge in [0.1, 0.15) is 11.8 Å². The second-order valence-electron chi connectivity index (χ2n) is 8.71. The molecule has 1 aliphatic carbocycles. The summed E-state index contributed by atoms with van der Waals surface area (Å²) in [5.41, 5.74) is 14.1. The van der Waals surface area contributed by atoms with Crippen LogP contribution < -0.4 is 16.2 Å². The van der Waals surface area contributed by atoms with E-state index in [1.165, 1.54) is 57.1 Å². The second kappa shape index (κ2) is 10.9. The minimum atomic E-state index is -0.577. The van der Waals surface area contributed by atoms with Crippen molar-refractivity contribution in [3.63, 3.8) is 0 Å². The van der Waals surface area contributed by atoms with E-state index in [0.29, 0.717) is 22.9 Å². The molecule has 0 bridgehead atoms. The smallest absolute Gasteiger partial charge is 0.343 e. The van der Waals surface area contributed by atoms with Crippen LogP contribution in [0.2, 0.25) is 0 Å². The average Bonchev–Trinajstić information content (AvgIpc) is 2.77. The van der Waals surface area contributed by atoms with E-state index in [2.05, 4.69) is 13.0 Å². The van der Waals surface area contributed by atoms with Gasteiger partial charge in [0.25, 0.3) is 0 Å². The van der Waals surface area contributed by atoms with Gasteiger partial charge in [-0.2, -0.15) is 5.26 Å². The van der Waals surface area contributed by atoms with Crippen LogP contribution in [0.3, 0.4) is 0 Å². The van der Waals surface area contributed by atoms with E-state index in [1.807, 2.05) is 12.1 Å². The van der Waals surface area contributed by atoms with E-state index < -0.39 is 5.97 Å². The maximum atomic E-state index is 12.5. The lowest BCUT2D eigenvalue weighted by Crippen LogP contribution is -2.14. The number of nitrogen functional groups attached to an aromatic ring is 2. The summed E-state index contributed by atoms with van der Waals surface area (Å²) in [4.78, 5) is 12.5. The van der Waals surface area contributed by atoms with Crippen LogP contribution in [0.25, 0.3) is 0 Å². The van der Waals surface area contributed by atoms with E-state index in [4.69, 9.17) is 16.2 Å². The zero-order valence-electron chi connectivity index (χ0n) is 18.4. The number of hydrogen-bond donors (Lipinski definition) is 2. The normalized spacial score (nSPS) is 18.3. The van der Waals surface area contributed by atoms with Gasteiger partial charge in [0, 0.05) is 11.4 Å². The third-order valence-electron chi connectivity index (χ3n) is 6.32. The van der Waals surface area contributed by atoms with Crippen LogP contribution >= 0.6 is 0 Å². The molecule has 0 atom stereocenters. The molecule has 0 aromatic heterocycles. The quantitative estimate of drug-likeness (QED) is 0.230. The molecule has 0 amide bonds. The van der Waals surface area contributed by atoms with Crippen LogP contribution in [-0.4, -0.2) is 5.97 Å². The van der Waals surface area contributed by atoms with Gasteiger partial charge < -0.3 is 16.2 Å². The van der Waals surface area contributed by atoms with E-state index in [-0.39, 0.29) is 11.3 Å². The summed E-state index contributed by atoms with van der Waals surface area (Å²) in [6, 6.07) is 12.4. The Hall–Kier alpha value is -3.00. The van der Waals surface area contributed by atoms with Crippen molar-refractivity contribution in [1.82, 2.24) is 0 Å². The molecule has 164 valence electrons. The lowest BCUT2D eigenvalue weighted by atomic mass is 9.77. The van der Waals surface area contributed by atoms with Gasteiger partial charge in [-0.3, -0.25) is 0 Å². The van der Waals surface area contributed by atoms with Crippen LogP contribution in [0.1, 0.15) is 92.1 Å². The molecule has 0 unspecified atom stereocenters. The van der Waals surface area contributed by atoms with Crippen molar-refractivity contribution in [2.75, 3.05) is 11.5 Å². The molecule has 1 fully saturated rings. The fourth-order valence-corrected chi connectivity index (χ4v) is 4.58. The van der Waals surface area contributed by atoms with E-state index in [1.54, 1.807) is 12.1 Å². The Labute approximate surface area is 185 Å². The number of carbonyl (C=O) groups excluding carboxylic acids is 1. The van der Waals surface area contributed by atoms with Crippen molar-refractivity contribution in [3.8, 4) is 11.8 Å². The number of carbonyl (C=O) groups is 1. The zero-order chi connectivity index (χ0) is 22.2. The van der Waals surface area contributed by atoms with Crippen LogP contribution in [-0.2, 0) is 0 Å². The second-order valence-corrected chi connectivity index (χ2v) is 8.71. The Kier molecular flexibility index (Phi) is 7.94. The molecule has 3 rings (SSSR count). The fourth-order valence-electron chi connectivity index (χ4n) is 4.58. The monoisotopic (exact) mass is 419 g/mol. The lowest BCUT2D eigenvalue weighted by Gasteiger charge is -2.29. The number of nitriles is 1. The maximum Gasteiger partial charge on any atom is 0.343 e. The largest absolute Gasteiger partial charge is 0.422 e. The Morgan fingerprint density at radius 1 is 1.03 bits per heavy atom.